The standard InChI is InChI=1S/C30H51NO3/c1-3-4-5-6-7-8-9-10-11-12-13-14-15-16-17-18-19-20-21-22-30(34)31-27-23-24-29(33)28(25-27)26(2)32/h23-25,33H,3-22H2,1-2H3,(H,31,34). The Balaban J connectivity index is 1.86. The molecule has 1 aromatic rings. The van der Waals surface area contributed by atoms with Crippen molar-refractivity contribution in [2.24, 2.45) is 0 Å². The fraction of sp³-hybridized carbons (Fsp3) is 0.733. The molecule has 0 spiro atoms. The van der Waals surface area contributed by atoms with E-state index < -0.39 is 0 Å². The number of hydrogen-bond acceptors (Lipinski definition) is 3. The van der Waals surface area contributed by atoms with Gasteiger partial charge in [0.05, 0.1) is 5.56 Å². The van der Waals surface area contributed by atoms with Crippen LogP contribution in [0.3, 0.4) is 0 Å². The Bertz CT molecular complexity index is 671. The molecule has 0 bridgehead atoms. The second-order valence-electron chi connectivity index (χ2n) is 9.95. The van der Waals surface area contributed by atoms with Crippen LogP contribution in [0.5, 0.6) is 5.75 Å². The summed E-state index contributed by atoms with van der Waals surface area (Å²) in [7, 11) is 0. The van der Waals surface area contributed by atoms with Crippen LogP contribution < -0.4 is 5.32 Å². The average molecular weight is 474 g/mol. The Morgan fingerprint density at radius 3 is 1.50 bits per heavy atom. The van der Waals surface area contributed by atoms with Crippen LogP contribution in [0.4, 0.5) is 5.69 Å². The van der Waals surface area contributed by atoms with Gasteiger partial charge in [0.25, 0.3) is 0 Å². The van der Waals surface area contributed by atoms with E-state index in [-0.39, 0.29) is 23.0 Å². The predicted octanol–water partition coefficient (Wildman–Crippen LogP) is 9.36. The van der Waals surface area contributed by atoms with Crippen LogP contribution in [0.15, 0.2) is 18.2 Å². The molecule has 1 rings (SSSR count). The van der Waals surface area contributed by atoms with Crippen LogP contribution in [-0.4, -0.2) is 16.8 Å². The van der Waals surface area contributed by atoms with Crippen molar-refractivity contribution in [2.75, 3.05) is 5.32 Å². The van der Waals surface area contributed by atoms with Gasteiger partial charge in [0.2, 0.25) is 5.91 Å². The number of benzene rings is 1. The number of Topliss-reactive ketones (excluding diaryl/α,β-unsaturated/α-hetero) is 1. The highest BCUT2D eigenvalue weighted by Crippen LogP contribution is 2.22. The number of rotatable bonds is 22. The summed E-state index contributed by atoms with van der Waals surface area (Å²) in [6.45, 7) is 3.68. The third-order valence-electron chi connectivity index (χ3n) is 6.67. The highest BCUT2D eigenvalue weighted by molar-refractivity contribution is 5.99. The summed E-state index contributed by atoms with van der Waals surface area (Å²) >= 11 is 0. The van der Waals surface area contributed by atoms with Gasteiger partial charge >= 0.3 is 0 Å². The minimum absolute atomic E-state index is 0.0350. The average Bonchev–Trinajstić information content (AvgIpc) is 2.81. The fourth-order valence-electron chi connectivity index (χ4n) is 4.48. The number of nitrogens with one attached hydrogen (secondary N) is 1. The van der Waals surface area contributed by atoms with Gasteiger partial charge < -0.3 is 10.4 Å². The minimum Gasteiger partial charge on any atom is -0.507 e. The van der Waals surface area contributed by atoms with Crippen molar-refractivity contribution in [1.29, 1.82) is 0 Å². The molecule has 0 atom stereocenters. The van der Waals surface area contributed by atoms with Gasteiger partial charge in [-0.15, -0.1) is 0 Å². The molecule has 4 heteroatoms. The quantitative estimate of drug-likeness (QED) is 0.100. The highest BCUT2D eigenvalue weighted by atomic mass is 16.3. The Morgan fingerprint density at radius 2 is 1.09 bits per heavy atom. The summed E-state index contributed by atoms with van der Waals surface area (Å²) in [5, 5.41) is 12.5. The molecule has 194 valence electrons. The van der Waals surface area contributed by atoms with E-state index in [0.29, 0.717) is 12.1 Å². The molecule has 0 aliphatic rings. The predicted molar refractivity (Wildman–Crippen MR) is 145 cm³/mol. The highest BCUT2D eigenvalue weighted by Gasteiger charge is 2.09. The third-order valence-corrected chi connectivity index (χ3v) is 6.67. The molecule has 2 N–H and O–H groups in total. The number of hydrogen-bond donors (Lipinski definition) is 2. The van der Waals surface area contributed by atoms with E-state index in [2.05, 4.69) is 12.2 Å². The van der Waals surface area contributed by atoms with Gasteiger partial charge in [-0.1, -0.05) is 122 Å². The zero-order chi connectivity index (χ0) is 24.9. The van der Waals surface area contributed by atoms with Gasteiger partial charge in [-0.05, 0) is 31.5 Å². The molecular weight excluding hydrogens is 422 g/mol. The SMILES string of the molecule is CCCCCCCCCCCCCCCCCCCCCC(=O)Nc1ccc(O)c(C(C)=O)c1. The van der Waals surface area contributed by atoms with Gasteiger partial charge in [-0.2, -0.15) is 0 Å². The number of carbonyl (C=O) groups excluding carboxylic acids is 2. The van der Waals surface area contributed by atoms with Crippen molar-refractivity contribution in [3.8, 4) is 5.75 Å². The second kappa shape index (κ2) is 20.5. The van der Waals surface area contributed by atoms with E-state index in [0.717, 1.165) is 12.8 Å². The topological polar surface area (TPSA) is 66.4 Å². The molecule has 4 nitrogen and oxygen atoms in total. The first-order chi connectivity index (χ1) is 16.5. The van der Waals surface area contributed by atoms with Crippen molar-refractivity contribution in [3.05, 3.63) is 23.8 Å². The van der Waals surface area contributed by atoms with Crippen molar-refractivity contribution in [2.45, 2.75) is 142 Å². The van der Waals surface area contributed by atoms with E-state index in [1.807, 2.05) is 0 Å². The number of unbranched alkanes of at least 4 members (excludes halogenated alkanes) is 18. The Hall–Kier alpha value is -1.84. The number of anilines is 1. The maximum atomic E-state index is 12.1. The molecule has 0 fully saturated rings. The van der Waals surface area contributed by atoms with Crippen LogP contribution in [-0.2, 0) is 4.79 Å². The first kappa shape index (κ1) is 30.2. The van der Waals surface area contributed by atoms with E-state index in [1.165, 1.54) is 128 Å². The number of carbonyl (C=O) groups is 2. The number of aromatic hydroxyl groups is 1. The summed E-state index contributed by atoms with van der Waals surface area (Å²) < 4.78 is 0. The van der Waals surface area contributed by atoms with Crippen molar-refractivity contribution < 1.29 is 14.7 Å². The van der Waals surface area contributed by atoms with E-state index in [9.17, 15) is 14.7 Å². The number of ketones is 1. The number of phenolic OH excluding ortho intramolecular Hbond substituents is 1. The van der Waals surface area contributed by atoms with E-state index in [4.69, 9.17) is 0 Å². The number of amides is 1. The van der Waals surface area contributed by atoms with Gasteiger partial charge in [-0.25, -0.2) is 0 Å². The summed E-state index contributed by atoms with van der Waals surface area (Å²) in [4.78, 5) is 23.6. The lowest BCUT2D eigenvalue weighted by atomic mass is 10.0. The maximum absolute atomic E-state index is 12.1. The van der Waals surface area contributed by atoms with E-state index in [1.54, 1.807) is 6.07 Å². The monoisotopic (exact) mass is 473 g/mol. The van der Waals surface area contributed by atoms with Crippen molar-refractivity contribution >= 4 is 17.4 Å². The maximum Gasteiger partial charge on any atom is 0.224 e. The first-order valence-corrected chi connectivity index (χ1v) is 14.2. The van der Waals surface area contributed by atoms with Gasteiger partial charge in [0.1, 0.15) is 5.75 Å². The molecule has 34 heavy (non-hydrogen) atoms. The molecule has 0 saturated carbocycles. The first-order valence-electron chi connectivity index (χ1n) is 14.2. The molecule has 0 aliphatic carbocycles. The van der Waals surface area contributed by atoms with E-state index >= 15 is 0 Å². The summed E-state index contributed by atoms with van der Waals surface area (Å²) in [5.41, 5.74) is 0.798. The second-order valence-corrected chi connectivity index (χ2v) is 9.95. The zero-order valence-corrected chi connectivity index (χ0v) is 22.1. The molecule has 0 aliphatic heterocycles. The molecular formula is C30H51NO3. The largest absolute Gasteiger partial charge is 0.507 e. The summed E-state index contributed by atoms with van der Waals surface area (Å²) in [6, 6.07) is 4.60. The molecule has 0 radical (unpaired) electrons. The van der Waals surface area contributed by atoms with Crippen LogP contribution in [0.1, 0.15) is 153 Å². The van der Waals surface area contributed by atoms with Crippen LogP contribution in [0.2, 0.25) is 0 Å². The molecule has 0 saturated heterocycles. The Kier molecular flexibility index (Phi) is 18.2. The van der Waals surface area contributed by atoms with Gasteiger partial charge in [0, 0.05) is 12.1 Å². The Labute approximate surface area is 209 Å². The lowest BCUT2D eigenvalue weighted by molar-refractivity contribution is -0.116. The zero-order valence-electron chi connectivity index (χ0n) is 22.1. The summed E-state index contributed by atoms with van der Waals surface area (Å²) in [5.74, 6) is -0.302. The van der Waals surface area contributed by atoms with Gasteiger partial charge in [-0.3, -0.25) is 9.59 Å². The number of phenols is 1. The van der Waals surface area contributed by atoms with Crippen LogP contribution >= 0.6 is 0 Å². The lowest BCUT2D eigenvalue weighted by Gasteiger charge is -2.08. The lowest BCUT2D eigenvalue weighted by Crippen LogP contribution is -2.11. The van der Waals surface area contributed by atoms with Crippen LogP contribution in [0.25, 0.3) is 0 Å². The molecule has 1 aromatic carbocycles. The third kappa shape index (κ3) is 15.9. The van der Waals surface area contributed by atoms with Crippen LogP contribution in [0, 0.1) is 0 Å². The molecule has 0 aromatic heterocycles. The minimum atomic E-state index is -0.215. The molecule has 0 unspecified atom stereocenters. The van der Waals surface area contributed by atoms with Crippen molar-refractivity contribution in [3.63, 3.8) is 0 Å². The molecule has 1 amide bonds. The summed E-state index contributed by atoms with van der Waals surface area (Å²) in [6.07, 6.45) is 26.0. The normalized spacial score (nSPS) is 11.0. The van der Waals surface area contributed by atoms with Gasteiger partial charge in [0.15, 0.2) is 5.78 Å². The smallest absolute Gasteiger partial charge is 0.224 e. The van der Waals surface area contributed by atoms with Crippen molar-refractivity contribution in [1.82, 2.24) is 0 Å². The molecule has 0 heterocycles. The Morgan fingerprint density at radius 1 is 0.676 bits per heavy atom. The fourth-order valence-corrected chi connectivity index (χ4v) is 4.48.